The summed E-state index contributed by atoms with van der Waals surface area (Å²) >= 11 is 0. The van der Waals surface area contributed by atoms with Crippen LogP contribution in [0.1, 0.15) is 35.2 Å². The summed E-state index contributed by atoms with van der Waals surface area (Å²) in [7, 11) is -4.02. The largest absolute Gasteiger partial charge is 0.361 e. The Kier molecular flexibility index (Phi) is 7.77. The molecule has 7 heteroatoms. The summed E-state index contributed by atoms with van der Waals surface area (Å²) in [5.74, 6) is -0.228. The third kappa shape index (κ3) is 6.24. The number of carbonyl (C=O) groups excluding carboxylic acids is 1. The zero-order valence-electron chi connectivity index (χ0n) is 17.8. The average Bonchev–Trinajstić information content (AvgIpc) is 2.80. The summed E-state index contributed by atoms with van der Waals surface area (Å²) in [6, 6.07) is 21.7. The summed E-state index contributed by atoms with van der Waals surface area (Å²) in [5, 5.41) is 0. The summed E-state index contributed by atoms with van der Waals surface area (Å²) in [4.78, 5) is 14.8. The number of piperidine rings is 1. The van der Waals surface area contributed by atoms with Gasteiger partial charge in [-0.05, 0) is 74.7 Å². The van der Waals surface area contributed by atoms with Crippen LogP contribution in [-0.4, -0.2) is 31.3 Å². The van der Waals surface area contributed by atoms with E-state index in [0.717, 1.165) is 37.1 Å². The Morgan fingerprint density at radius 1 is 0.938 bits per heavy atom. The molecule has 1 aliphatic heterocycles. The van der Waals surface area contributed by atoms with Crippen LogP contribution >= 0.6 is 0 Å². The Balaban J connectivity index is 0.000000222. The predicted octanol–water partition coefficient (Wildman–Crippen LogP) is 5.31. The predicted molar refractivity (Wildman–Crippen MR) is 123 cm³/mol. The molecule has 3 aromatic carbocycles. The molecule has 1 atom stereocenters. The number of benzene rings is 3. The van der Waals surface area contributed by atoms with E-state index in [9.17, 15) is 17.6 Å². The number of carbonyl (C=O) groups is 1. The quantitative estimate of drug-likeness (QED) is 0.426. The molecule has 1 saturated heterocycles. The molecule has 0 aliphatic carbocycles. The summed E-state index contributed by atoms with van der Waals surface area (Å²) in [5.41, 5.74) is 2.62. The second-order valence-electron chi connectivity index (χ2n) is 7.70. The Bertz CT molecular complexity index is 1130. The fourth-order valence-electron chi connectivity index (χ4n) is 3.65. The molecule has 0 spiro atoms. The maximum atomic E-state index is 13.0. The van der Waals surface area contributed by atoms with E-state index in [1.807, 2.05) is 37.3 Å². The maximum absolute atomic E-state index is 13.0. The molecule has 1 fully saturated rings. The third-order valence-electron chi connectivity index (χ3n) is 5.34. The molecule has 1 heterocycles. The normalized spacial score (nSPS) is 16.1. The lowest BCUT2D eigenvalue weighted by molar-refractivity contribution is 0.0945. The van der Waals surface area contributed by atoms with Gasteiger partial charge in [-0.1, -0.05) is 35.9 Å². The topological polar surface area (TPSA) is 74.7 Å². The van der Waals surface area contributed by atoms with Crippen LogP contribution in [0.4, 0.5) is 10.1 Å². The van der Waals surface area contributed by atoms with Crippen molar-refractivity contribution >= 4 is 21.6 Å². The molecular weight excluding hydrogens is 429 g/mol. The number of hydrogen-bond donors (Lipinski definition) is 1. The second-order valence-corrected chi connectivity index (χ2v) is 9.12. The van der Waals surface area contributed by atoms with Crippen LogP contribution in [0.15, 0.2) is 83.8 Å². The summed E-state index contributed by atoms with van der Waals surface area (Å²) < 4.78 is 42.6. The van der Waals surface area contributed by atoms with Crippen LogP contribution in [0.5, 0.6) is 0 Å². The van der Waals surface area contributed by atoms with Crippen molar-refractivity contribution in [3.8, 4) is 0 Å². The van der Waals surface area contributed by atoms with Crippen LogP contribution in [0, 0.1) is 12.7 Å². The first-order chi connectivity index (χ1) is 15.3. The van der Waals surface area contributed by atoms with Gasteiger partial charge in [0.2, 0.25) is 0 Å². The summed E-state index contributed by atoms with van der Waals surface area (Å²) in [6.07, 6.45) is 3.01. The SMILES string of the molecule is Cc1ccc(S(=O)(=O)O)cc1.O=C(c1ccc(F)cc1)C1CCCCN1c1ccccc1. The molecular formula is C25H26FNO4S. The van der Waals surface area contributed by atoms with Gasteiger partial charge < -0.3 is 4.90 Å². The molecule has 0 bridgehead atoms. The van der Waals surface area contributed by atoms with Gasteiger partial charge in [0, 0.05) is 17.8 Å². The van der Waals surface area contributed by atoms with E-state index in [1.165, 1.54) is 24.3 Å². The highest BCUT2D eigenvalue weighted by atomic mass is 32.2. The van der Waals surface area contributed by atoms with Crippen LogP contribution in [0.2, 0.25) is 0 Å². The number of rotatable bonds is 4. The van der Waals surface area contributed by atoms with Gasteiger partial charge in [-0.2, -0.15) is 8.42 Å². The van der Waals surface area contributed by atoms with Gasteiger partial charge in [0.1, 0.15) is 5.82 Å². The number of ketones is 1. The molecule has 32 heavy (non-hydrogen) atoms. The molecule has 5 nitrogen and oxygen atoms in total. The highest BCUT2D eigenvalue weighted by Crippen LogP contribution is 2.26. The number of halogens is 1. The molecule has 1 aliphatic rings. The van der Waals surface area contributed by atoms with E-state index in [4.69, 9.17) is 4.55 Å². The Morgan fingerprint density at radius 3 is 2.16 bits per heavy atom. The maximum Gasteiger partial charge on any atom is 0.294 e. The zero-order chi connectivity index (χ0) is 23.1. The van der Waals surface area contributed by atoms with Crippen molar-refractivity contribution in [2.24, 2.45) is 0 Å². The first-order valence-corrected chi connectivity index (χ1v) is 11.9. The number of Topliss-reactive ketones (excluding diaryl/α,β-unsaturated/α-hetero) is 1. The molecule has 1 unspecified atom stereocenters. The van der Waals surface area contributed by atoms with Crippen molar-refractivity contribution < 1.29 is 22.2 Å². The van der Waals surface area contributed by atoms with E-state index >= 15 is 0 Å². The average molecular weight is 456 g/mol. The van der Waals surface area contributed by atoms with E-state index in [1.54, 1.807) is 24.3 Å². The first-order valence-electron chi connectivity index (χ1n) is 10.4. The monoisotopic (exact) mass is 455 g/mol. The van der Waals surface area contributed by atoms with E-state index in [-0.39, 0.29) is 22.5 Å². The molecule has 1 N–H and O–H groups in total. The van der Waals surface area contributed by atoms with Crippen LogP contribution in [0.25, 0.3) is 0 Å². The van der Waals surface area contributed by atoms with Crippen LogP contribution < -0.4 is 4.90 Å². The fraction of sp³-hybridized carbons (Fsp3) is 0.240. The van der Waals surface area contributed by atoms with Gasteiger partial charge in [-0.3, -0.25) is 9.35 Å². The standard InChI is InChI=1S/C18H18FNO.C7H8O3S/c19-15-11-9-14(10-12-15)18(21)17-8-4-5-13-20(17)16-6-2-1-3-7-16;1-6-2-4-7(5-3-6)11(8,9)10/h1-3,6-7,9-12,17H,4-5,8,13H2;2-5H,1H3,(H,8,9,10). The minimum absolute atomic E-state index is 0.0666. The lowest BCUT2D eigenvalue weighted by atomic mass is 9.93. The van der Waals surface area contributed by atoms with Crippen molar-refractivity contribution in [3.05, 3.63) is 95.8 Å². The second kappa shape index (κ2) is 10.5. The number of aryl methyl sites for hydroxylation is 1. The van der Waals surface area contributed by atoms with Gasteiger partial charge >= 0.3 is 0 Å². The van der Waals surface area contributed by atoms with Crippen molar-refractivity contribution in [2.45, 2.75) is 37.1 Å². The molecule has 0 amide bonds. The van der Waals surface area contributed by atoms with Crippen LogP contribution in [-0.2, 0) is 10.1 Å². The molecule has 0 radical (unpaired) electrons. The van der Waals surface area contributed by atoms with Crippen LogP contribution in [0.3, 0.4) is 0 Å². The Hall–Kier alpha value is -3.03. The number of nitrogens with zero attached hydrogens (tertiary/aromatic N) is 1. The summed E-state index contributed by atoms with van der Waals surface area (Å²) in [6.45, 7) is 2.73. The number of hydrogen-bond acceptors (Lipinski definition) is 4. The lowest BCUT2D eigenvalue weighted by Crippen LogP contribution is -2.44. The van der Waals surface area contributed by atoms with E-state index in [0.29, 0.717) is 5.56 Å². The van der Waals surface area contributed by atoms with E-state index in [2.05, 4.69) is 4.90 Å². The van der Waals surface area contributed by atoms with Crippen molar-refractivity contribution in [1.82, 2.24) is 0 Å². The highest BCUT2D eigenvalue weighted by molar-refractivity contribution is 7.85. The van der Waals surface area contributed by atoms with Gasteiger partial charge in [-0.15, -0.1) is 0 Å². The van der Waals surface area contributed by atoms with Gasteiger partial charge in [0.25, 0.3) is 10.1 Å². The fourth-order valence-corrected chi connectivity index (χ4v) is 4.13. The van der Waals surface area contributed by atoms with Crippen molar-refractivity contribution in [2.75, 3.05) is 11.4 Å². The molecule has 168 valence electrons. The lowest BCUT2D eigenvalue weighted by Gasteiger charge is -2.36. The number of anilines is 1. The minimum atomic E-state index is -4.02. The molecule has 0 aromatic heterocycles. The first kappa shape index (κ1) is 23.6. The Morgan fingerprint density at radius 2 is 1.56 bits per heavy atom. The molecule has 3 aromatic rings. The minimum Gasteiger partial charge on any atom is -0.361 e. The highest BCUT2D eigenvalue weighted by Gasteiger charge is 2.29. The van der Waals surface area contributed by atoms with Crippen molar-refractivity contribution in [3.63, 3.8) is 0 Å². The van der Waals surface area contributed by atoms with Gasteiger partial charge in [0.15, 0.2) is 5.78 Å². The third-order valence-corrected chi connectivity index (χ3v) is 6.21. The Labute approximate surface area is 188 Å². The zero-order valence-corrected chi connectivity index (χ0v) is 18.6. The van der Waals surface area contributed by atoms with Gasteiger partial charge in [-0.25, -0.2) is 4.39 Å². The number of para-hydroxylation sites is 1. The molecule has 0 saturated carbocycles. The smallest absolute Gasteiger partial charge is 0.294 e. The van der Waals surface area contributed by atoms with Crippen molar-refractivity contribution in [1.29, 1.82) is 0 Å². The molecule has 4 rings (SSSR count). The van der Waals surface area contributed by atoms with Gasteiger partial charge in [0.05, 0.1) is 10.9 Å². The van der Waals surface area contributed by atoms with E-state index < -0.39 is 10.1 Å².